The highest BCUT2D eigenvalue weighted by Crippen LogP contribution is 2.24. The highest BCUT2D eigenvalue weighted by Gasteiger charge is 2.33. The van der Waals surface area contributed by atoms with Crippen LogP contribution >= 0.6 is 11.5 Å². The molecule has 1 aromatic rings. The number of anilines is 1. The van der Waals surface area contributed by atoms with E-state index < -0.39 is 0 Å². The third kappa shape index (κ3) is 3.17. The van der Waals surface area contributed by atoms with Gasteiger partial charge in [-0.15, -0.1) is 5.10 Å². The number of hydrogen-bond donors (Lipinski definition) is 2. The summed E-state index contributed by atoms with van der Waals surface area (Å²) in [6.07, 6.45) is -0.126. The minimum Gasteiger partial charge on any atom is -0.394 e. The van der Waals surface area contributed by atoms with Gasteiger partial charge in [0.25, 0.3) is 0 Å². The summed E-state index contributed by atoms with van der Waals surface area (Å²) in [5.74, 6) is 0. The van der Waals surface area contributed by atoms with Crippen LogP contribution in [0.15, 0.2) is 0 Å². The van der Waals surface area contributed by atoms with E-state index in [1.807, 2.05) is 20.9 Å². The van der Waals surface area contributed by atoms with Gasteiger partial charge in [0, 0.05) is 38.2 Å². The maximum Gasteiger partial charge on any atom is 0.134 e. The Kier molecular flexibility index (Phi) is 4.16. The number of aliphatic hydroxyl groups excluding tert-OH is 1. The molecule has 18 heavy (non-hydrogen) atoms. The molecule has 0 radical (unpaired) electrons. The average molecular weight is 272 g/mol. The third-order valence-electron chi connectivity index (χ3n) is 2.91. The molecule has 1 aromatic heterocycles. The first-order valence-electron chi connectivity index (χ1n) is 6.04. The first-order chi connectivity index (χ1) is 8.54. The summed E-state index contributed by atoms with van der Waals surface area (Å²) in [5, 5.41) is 17.5. The van der Waals surface area contributed by atoms with Crippen LogP contribution in [0.5, 0.6) is 0 Å². The van der Waals surface area contributed by atoms with Crippen molar-refractivity contribution in [3.05, 3.63) is 5.69 Å². The number of nitrogens with zero attached hydrogens (tertiary/aromatic N) is 3. The maximum atomic E-state index is 9.28. The second kappa shape index (κ2) is 5.48. The van der Waals surface area contributed by atoms with Crippen LogP contribution in [-0.2, 0) is 11.3 Å². The summed E-state index contributed by atoms with van der Waals surface area (Å²) in [7, 11) is 1.87. The smallest absolute Gasteiger partial charge is 0.134 e. The second-order valence-electron chi connectivity index (χ2n) is 5.15. The summed E-state index contributed by atoms with van der Waals surface area (Å²) >= 11 is 1.37. The number of aliphatic hydroxyl groups is 1. The van der Waals surface area contributed by atoms with E-state index >= 15 is 0 Å². The van der Waals surface area contributed by atoms with Crippen LogP contribution in [0.3, 0.4) is 0 Å². The molecule has 1 saturated heterocycles. The fourth-order valence-corrected chi connectivity index (χ4v) is 2.87. The van der Waals surface area contributed by atoms with E-state index in [1.165, 1.54) is 11.5 Å². The van der Waals surface area contributed by atoms with E-state index in [1.54, 1.807) is 0 Å². The van der Waals surface area contributed by atoms with Gasteiger partial charge in [-0.2, -0.15) is 0 Å². The lowest BCUT2D eigenvalue weighted by Crippen LogP contribution is -2.53. The summed E-state index contributed by atoms with van der Waals surface area (Å²) in [6, 6.07) is 0. The minimum absolute atomic E-state index is 0.0497. The van der Waals surface area contributed by atoms with Gasteiger partial charge in [0.2, 0.25) is 0 Å². The lowest BCUT2D eigenvalue weighted by molar-refractivity contribution is -0.150. The van der Waals surface area contributed by atoms with Crippen molar-refractivity contribution in [2.45, 2.75) is 32.1 Å². The molecule has 6 nitrogen and oxygen atoms in total. The number of hydrogen-bond acceptors (Lipinski definition) is 7. The van der Waals surface area contributed by atoms with Gasteiger partial charge in [-0.1, -0.05) is 4.49 Å². The molecule has 0 spiro atoms. The quantitative estimate of drug-likeness (QED) is 0.834. The minimum atomic E-state index is -0.241. The van der Waals surface area contributed by atoms with Gasteiger partial charge < -0.3 is 15.2 Å². The van der Waals surface area contributed by atoms with Crippen LogP contribution in [0.1, 0.15) is 19.5 Å². The number of ether oxygens (including phenoxy) is 1. The molecule has 1 atom stereocenters. The SMILES string of the molecule is CNc1snnc1CN1CC(CO)OC(C)(C)C1. The van der Waals surface area contributed by atoms with E-state index in [2.05, 4.69) is 19.8 Å². The van der Waals surface area contributed by atoms with Crippen molar-refractivity contribution >= 4 is 16.5 Å². The molecule has 2 N–H and O–H groups in total. The van der Waals surface area contributed by atoms with Crippen molar-refractivity contribution in [1.29, 1.82) is 0 Å². The van der Waals surface area contributed by atoms with Crippen molar-refractivity contribution in [3.8, 4) is 0 Å². The van der Waals surface area contributed by atoms with E-state index in [0.29, 0.717) is 0 Å². The molecule has 1 fully saturated rings. The summed E-state index contributed by atoms with van der Waals surface area (Å²) < 4.78 is 9.74. The Bertz CT molecular complexity index is 396. The monoisotopic (exact) mass is 272 g/mol. The third-order valence-corrected chi connectivity index (χ3v) is 3.70. The number of nitrogens with one attached hydrogen (secondary N) is 1. The Balaban J connectivity index is 2.04. The van der Waals surface area contributed by atoms with Crippen molar-refractivity contribution < 1.29 is 9.84 Å². The summed E-state index contributed by atoms with van der Waals surface area (Å²) in [5.41, 5.74) is 0.714. The van der Waals surface area contributed by atoms with Gasteiger partial charge >= 0.3 is 0 Å². The molecule has 1 aliphatic heterocycles. The maximum absolute atomic E-state index is 9.28. The van der Waals surface area contributed by atoms with Gasteiger partial charge in [0.1, 0.15) is 10.7 Å². The topological polar surface area (TPSA) is 70.5 Å². The predicted molar refractivity (Wildman–Crippen MR) is 70.8 cm³/mol. The molecule has 0 aromatic carbocycles. The Hall–Kier alpha value is -0.760. The summed E-state index contributed by atoms with van der Waals surface area (Å²) in [6.45, 7) is 6.41. The molecule has 0 saturated carbocycles. The van der Waals surface area contributed by atoms with Gasteiger partial charge in [-0.25, -0.2) is 0 Å². The lowest BCUT2D eigenvalue weighted by Gasteiger charge is -2.42. The Morgan fingerprint density at radius 2 is 2.39 bits per heavy atom. The molecule has 0 aliphatic carbocycles. The second-order valence-corrected chi connectivity index (χ2v) is 5.90. The molecule has 1 unspecified atom stereocenters. The number of rotatable bonds is 4. The van der Waals surface area contributed by atoms with Crippen LogP contribution in [0.4, 0.5) is 5.00 Å². The van der Waals surface area contributed by atoms with Crippen LogP contribution in [0.2, 0.25) is 0 Å². The molecular formula is C11H20N4O2S. The number of aromatic nitrogens is 2. The molecule has 0 bridgehead atoms. The van der Waals surface area contributed by atoms with Crippen molar-refractivity contribution in [3.63, 3.8) is 0 Å². The van der Waals surface area contributed by atoms with Crippen LogP contribution in [-0.4, -0.2) is 58.0 Å². The molecule has 2 heterocycles. The normalized spacial score (nSPS) is 24.1. The van der Waals surface area contributed by atoms with E-state index in [-0.39, 0.29) is 18.3 Å². The largest absolute Gasteiger partial charge is 0.394 e. The zero-order valence-corrected chi connectivity index (χ0v) is 11.8. The fraction of sp³-hybridized carbons (Fsp3) is 0.818. The lowest BCUT2D eigenvalue weighted by atomic mass is 10.1. The zero-order valence-electron chi connectivity index (χ0n) is 11.0. The van der Waals surface area contributed by atoms with Gasteiger partial charge in [0.05, 0.1) is 18.3 Å². The predicted octanol–water partition coefficient (Wildman–Crippen LogP) is 0.551. The van der Waals surface area contributed by atoms with E-state index in [9.17, 15) is 5.11 Å². The Morgan fingerprint density at radius 3 is 3.06 bits per heavy atom. The first-order valence-corrected chi connectivity index (χ1v) is 6.81. The first kappa shape index (κ1) is 13.7. The molecule has 0 amide bonds. The molecular weight excluding hydrogens is 252 g/mol. The van der Waals surface area contributed by atoms with E-state index in [4.69, 9.17) is 4.74 Å². The highest BCUT2D eigenvalue weighted by molar-refractivity contribution is 7.10. The van der Waals surface area contributed by atoms with Gasteiger partial charge in [0.15, 0.2) is 0 Å². The van der Waals surface area contributed by atoms with E-state index in [0.717, 1.165) is 30.3 Å². The Labute approximate surface area is 111 Å². The average Bonchev–Trinajstić information content (AvgIpc) is 2.74. The molecule has 2 rings (SSSR count). The van der Waals surface area contributed by atoms with Crippen molar-refractivity contribution in [2.24, 2.45) is 0 Å². The molecule has 102 valence electrons. The van der Waals surface area contributed by atoms with Crippen LogP contribution in [0.25, 0.3) is 0 Å². The molecule has 1 aliphatic rings. The fourth-order valence-electron chi connectivity index (χ4n) is 2.35. The number of morpholine rings is 1. The molecule has 7 heteroatoms. The van der Waals surface area contributed by atoms with Crippen LogP contribution < -0.4 is 5.32 Å². The van der Waals surface area contributed by atoms with Crippen molar-refractivity contribution in [2.75, 3.05) is 32.1 Å². The van der Waals surface area contributed by atoms with Crippen molar-refractivity contribution in [1.82, 2.24) is 14.5 Å². The standard InChI is InChI=1S/C11H20N4O2S/c1-11(2)7-15(4-8(6-16)17-11)5-9-10(12-3)18-14-13-9/h8,12,16H,4-7H2,1-3H3. The van der Waals surface area contributed by atoms with Gasteiger partial charge in [-0.3, -0.25) is 4.90 Å². The Morgan fingerprint density at radius 1 is 1.61 bits per heavy atom. The highest BCUT2D eigenvalue weighted by atomic mass is 32.1. The van der Waals surface area contributed by atoms with Gasteiger partial charge in [-0.05, 0) is 13.8 Å². The van der Waals surface area contributed by atoms with Crippen LogP contribution in [0, 0.1) is 0 Å². The zero-order chi connectivity index (χ0) is 13.2. The summed E-state index contributed by atoms with van der Waals surface area (Å²) in [4.78, 5) is 2.25.